The molecule has 0 aromatic carbocycles. The average molecular weight is 228 g/mol. The number of nitrogens with zero attached hydrogens (tertiary/aromatic N) is 4. The minimum absolute atomic E-state index is 0.0872. The number of aryl methyl sites for hydroxylation is 1. The molecule has 5 nitrogen and oxygen atoms in total. The maximum atomic E-state index is 11.7. The van der Waals surface area contributed by atoms with Crippen LogP contribution in [0.3, 0.4) is 0 Å². The van der Waals surface area contributed by atoms with Crippen LogP contribution in [0.25, 0.3) is 0 Å². The first kappa shape index (κ1) is 11.2. The van der Waals surface area contributed by atoms with Gasteiger partial charge in [-0.2, -0.15) is 0 Å². The Hall–Kier alpha value is -2.30. The third-order valence-corrected chi connectivity index (χ3v) is 2.25. The number of imidazole rings is 1. The van der Waals surface area contributed by atoms with Crippen LogP contribution in [-0.4, -0.2) is 33.1 Å². The van der Waals surface area contributed by atoms with Gasteiger partial charge < -0.3 is 4.57 Å². The maximum absolute atomic E-state index is 11.7. The number of Topliss-reactive ketones (excluding diaryl/α,β-unsaturated/α-hetero) is 1. The van der Waals surface area contributed by atoms with Crippen molar-refractivity contribution in [3.63, 3.8) is 0 Å². The van der Waals surface area contributed by atoms with E-state index in [1.165, 1.54) is 0 Å². The fourth-order valence-corrected chi connectivity index (χ4v) is 1.32. The molecule has 0 fully saturated rings. The van der Waals surface area contributed by atoms with Gasteiger partial charge in [-0.3, -0.25) is 14.8 Å². The van der Waals surface area contributed by atoms with Crippen LogP contribution < -0.4 is 0 Å². The van der Waals surface area contributed by atoms with E-state index in [-0.39, 0.29) is 12.3 Å². The van der Waals surface area contributed by atoms with Crippen molar-refractivity contribution in [3.8, 4) is 0 Å². The van der Waals surface area contributed by atoms with Gasteiger partial charge in [-0.05, 0) is 12.1 Å². The summed E-state index contributed by atoms with van der Waals surface area (Å²) in [7, 11) is 1.87. The van der Waals surface area contributed by atoms with Gasteiger partial charge in [0.05, 0.1) is 6.21 Å². The summed E-state index contributed by atoms with van der Waals surface area (Å²) in [4.78, 5) is 23.7. The van der Waals surface area contributed by atoms with E-state index in [0.717, 1.165) is 5.82 Å². The zero-order chi connectivity index (χ0) is 12.1. The number of aromatic nitrogens is 3. The third kappa shape index (κ3) is 2.84. The van der Waals surface area contributed by atoms with Crippen molar-refractivity contribution in [2.75, 3.05) is 6.54 Å². The highest BCUT2D eigenvalue weighted by atomic mass is 16.1. The van der Waals surface area contributed by atoms with Crippen molar-refractivity contribution in [1.82, 2.24) is 14.5 Å². The molecule has 86 valence electrons. The highest BCUT2D eigenvalue weighted by molar-refractivity contribution is 5.96. The van der Waals surface area contributed by atoms with Crippen LogP contribution in [0.4, 0.5) is 0 Å². The van der Waals surface area contributed by atoms with Gasteiger partial charge in [-0.15, -0.1) is 0 Å². The highest BCUT2D eigenvalue weighted by Crippen LogP contribution is 1.96. The Morgan fingerprint density at radius 3 is 2.94 bits per heavy atom. The Morgan fingerprint density at radius 2 is 2.29 bits per heavy atom. The average Bonchev–Trinajstić information content (AvgIpc) is 2.76. The second kappa shape index (κ2) is 5.16. The van der Waals surface area contributed by atoms with Gasteiger partial charge in [-0.25, -0.2) is 4.98 Å². The predicted molar refractivity (Wildman–Crippen MR) is 64.2 cm³/mol. The summed E-state index contributed by atoms with van der Waals surface area (Å²) in [5, 5.41) is 0. The topological polar surface area (TPSA) is 60.1 Å². The summed E-state index contributed by atoms with van der Waals surface area (Å²) < 4.78 is 1.83. The Kier molecular flexibility index (Phi) is 3.40. The van der Waals surface area contributed by atoms with Crippen LogP contribution in [0.15, 0.2) is 41.8 Å². The molecule has 0 amide bonds. The summed E-state index contributed by atoms with van der Waals surface area (Å²) >= 11 is 0. The molecule has 0 spiro atoms. The lowest BCUT2D eigenvalue weighted by atomic mass is 10.2. The summed E-state index contributed by atoms with van der Waals surface area (Å²) in [6.45, 7) is 0.0872. The molecule has 0 N–H and O–H groups in total. The van der Waals surface area contributed by atoms with Crippen molar-refractivity contribution in [2.24, 2.45) is 12.0 Å². The third-order valence-electron chi connectivity index (χ3n) is 2.25. The van der Waals surface area contributed by atoms with Gasteiger partial charge >= 0.3 is 0 Å². The van der Waals surface area contributed by atoms with E-state index >= 15 is 0 Å². The molecule has 0 unspecified atom stereocenters. The quantitative estimate of drug-likeness (QED) is 0.582. The molecule has 0 bridgehead atoms. The lowest BCUT2D eigenvalue weighted by Gasteiger charge is -1.96. The van der Waals surface area contributed by atoms with Gasteiger partial charge in [0.1, 0.15) is 18.1 Å². The molecule has 2 heterocycles. The Bertz CT molecular complexity index is 530. The predicted octanol–water partition coefficient (Wildman–Crippen LogP) is 1.12. The number of pyridine rings is 1. The van der Waals surface area contributed by atoms with Crippen LogP contribution >= 0.6 is 0 Å². The van der Waals surface area contributed by atoms with Gasteiger partial charge in [0.15, 0.2) is 0 Å². The van der Waals surface area contributed by atoms with Gasteiger partial charge in [0, 0.05) is 25.6 Å². The molecule has 17 heavy (non-hydrogen) atoms. The van der Waals surface area contributed by atoms with Crippen LogP contribution in [0.1, 0.15) is 16.3 Å². The summed E-state index contributed by atoms with van der Waals surface area (Å²) in [5.41, 5.74) is 0.435. The molecular weight excluding hydrogens is 216 g/mol. The minimum Gasteiger partial charge on any atom is -0.333 e. The number of rotatable bonds is 4. The van der Waals surface area contributed by atoms with Crippen LogP contribution in [0.2, 0.25) is 0 Å². The number of aliphatic imine (C=N–C) groups is 1. The standard InChI is InChI=1S/C12H12N4O/c1-16-7-6-15-12(16)9-13-8-11(17)10-4-2-3-5-14-10/h2-7,9H,8H2,1H3. The molecule has 0 aliphatic carbocycles. The van der Waals surface area contributed by atoms with E-state index in [0.29, 0.717) is 5.69 Å². The second-order valence-corrected chi connectivity index (χ2v) is 3.50. The van der Waals surface area contributed by atoms with E-state index < -0.39 is 0 Å². The molecule has 0 saturated heterocycles. The number of carbonyl (C=O) groups is 1. The molecule has 2 rings (SSSR count). The molecule has 2 aromatic heterocycles. The smallest absolute Gasteiger partial charge is 0.202 e. The van der Waals surface area contributed by atoms with Crippen LogP contribution in [-0.2, 0) is 7.05 Å². The molecular formula is C12H12N4O. The van der Waals surface area contributed by atoms with E-state index in [4.69, 9.17) is 0 Å². The van der Waals surface area contributed by atoms with E-state index in [2.05, 4.69) is 15.0 Å². The fourth-order valence-electron chi connectivity index (χ4n) is 1.32. The SMILES string of the molecule is Cn1ccnc1C=NCC(=O)c1ccccn1. The van der Waals surface area contributed by atoms with Crippen molar-refractivity contribution in [2.45, 2.75) is 0 Å². The molecule has 0 aliphatic heterocycles. The van der Waals surface area contributed by atoms with Crippen molar-refractivity contribution in [1.29, 1.82) is 0 Å². The van der Waals surface area contributed by atoms with E-state index in [9.17, 15) is 4.79 Å². The number of hydrogen-bond acceptors (Lipinski definition) is 4. The zero-order valence-electron chi connectivity index (χ0n) is 9.45. The van der Waals surface area contributed by atoms with E-state index in [1.54, 1.807) is 36.8 Å². The normalized spacial score (nSPS) is 10.9. The lowest BCUT2D eigenvalue weighted by molar-refractivity contribution is 0.0997. The van der Waals surface area contributed by atoms with Crippen molar-refractivity contribution < 1.29 is 4.79 Å². The van der Waals surface area contributed by atoms with Gasteiger partial charge in [0.25, 0.3) is 0 Å². The Labute approximate surface area is 98.9 Å². The fraction of sp³-hybridized carbons (Fsp3) is 0.167. The van der Waals surface area contributed by atoms with Crippen LogP contribution in [0, 0.1) is 0 Å². The molecule has 5 heteroatoms. The largest absolute Gasteiger partial charge is 0.333 e. The first-order valence-corrected chi connectivity index (χ1v) is 5.19. The Morgan fingerprint density at radius 1 is 1.41 bits per heavy atom. The monoisotopic (exact) mass is 228 g/mol. The molecule has 0 aliphatic rings. The molecule has 2 aromatic rings. The maximum Gasteiger partial charge on any atom is 0.202 e. The molecule has 0 atom stereocenters. The Balaban J connectivity index is 1.97. The number of ketones is 1. The van der Waals surface area contributed by atoms with E-state index in [1.807, 2.05) is 17.8 Å². The van der Waals surface area contributed by atoms with Crippen LogP contribution in [0.5, 0.6) is 0 Å². The highest BCUT2D eigenvalue weighted by Gasteiger charge is 2.04. The zero-order valence-corrected chi connectivity index (χ0v) is 9.45. The van der Waals surface area contributed by atoms with Gasteiger partial charge in [-0.1, -0.05) is 6.07 Å². The second-order valence-electron chi connectivity index (χ2n) is 3.50. The molecule has 0 radical (unpaired) electrons. The number of carbonyl (C=O) groups excluding carboxylic acids is 1. The first-order chi connectivity index (χ1) is 8.27. The minimum atomic E-state index is -0.101. The molecule has 0 saturated carbocycles. The first-order valence-electron chi connectivity index (χ1n) is 5.19. The van der Waals surface area contributed by atoms with Crippen molar-refractivity contribution in [3.05, 3.63) is 48.3 Å². The summed E-state index contributed by atoms with van der Waals surface area (Å²) in [6.07, 6.45) is 6.68. The van der Waals surface area contributed by atoms with Gasteiger partial charge in [0.2, 0.25) is 5.78 Å². The van der Waals surface area contributed by atoms with Crippen molar-refractivity contribution >= 4 is 12.0 Å². The summed E-state index contributed by atoms with van der Waals surface area (Å²) in [6, 6.07) is 5.23. The summed E-state index contributed by atoms with van der Waals surface area (Å²) in [5.74, 6) is 0.620. The number of hydrogen-bond donors (Lipinski definition) is 0. The lowest BCUT2D eigenvalue weighted by Crippen LogP contribution is -2.06.